The third-order valence-electron chi connectivity index (χ3n) is 3.02. The second kappa shape index (κ2) is 8.79. The van der Waals surface area contributed by atoms with Gasteiger partial charge >= 0.3 is 12.0 Å². The summed E-state index contributed by atoms with van der Waals surface area (Å²) in [7, 11) is 0. The van der Waals surface area contributed by atoms with E-state index < -0.39 is 5.97 Å². The maximum Gasteiger partial charge on any atom is 0.317 e. The monoisotopic (exact) mass is 290 g/mol. The van der Waals surface area contributed by atoms with Gasteiger partial charge in [-0.2, -0.15) is 0 Å². The van der Waals surface area contributed by atoms with Crippen LogP contribution in [-0.4, -0.2) is 35.1 Å². The van der Waals surface area contributed by atoms with Crippen LogP contribution in [0.5, 0.6) is 0 Å². The van der Waals surface area contributed by atoms with Gasteiger partial charge in [0.1, 0.15) is 0 Å². The largest absolute Gasteiger partial charge is 0.481 e. The summed E-state index contributed by atoms with van der Waals surface area (Å²) in [6.07, 6.45) is 2.52. The van der Waals surface area contributed by atoms with Gasteiger partial charge in [-0.15, -0.1) is 6.58 Å². The first-order valence-electron chi connectivity index (χ1n) is 7.00. The van der Waals surface area contributed by atoms with Gasteiger partial charge in [0.15, 0.2) is 0 Å². The molecule has 0 aromatic heterocycles. The van der Waals surface area contributed by atoms with Gasteiger partial charge < -0.3 is 15.3 Å². The lowest BCUT2D eigenvalue weighted by Crippen LogP contribution is -2.40. The highest BCUT2D eigenvalue weighted by molar-refractivity contribution is 5.74. The van der Waals surface area contributed by atoms with E-state index in [1.165, 1.54) is 0 Å². The van der Waals surface area contributed by atoms with Crippen molar-refractivity contribution in [2.45, 2.75) is 26.3 Å². The predicted molar refractivity (Wildman–Crippen MR) is 82.1 cm³/mol. The molecule has 0 bridgehead atoms. The second-order valence-corrected chi connectivity index (χ2v) is 4.73. The number of carbonyl (C=O) groups is 2. The standard InChI is InChI=1S/C16H22N2O3/c1-3-9-18(10-4-2)16(21)17-12-14-8-6-5-7-13(14)11-15(19)20/h3,5-8H,1,4,9-12H2,2H3,(H,17,21)(H,19,20). The first-order valence-corrected chi connectivity index (χ1v) is 7.00. The summed E-state index contributed by atoms with van der Waals surface area (Å²) in [5.41, 5.74) is 1.54. The summed E-state index contributed by atoms with van der Waals surface area (Å²) < 4.78 is 0. The summed E-state index contributed by atoms with van der Waals surface area (Å²) in [5.74, 6) is -0.881. The van der Waals surface area contributed by atoms with Crippen molar-refractivity contribution in [1.29, 1.82) is 0 Å². The number of nitrogens with zero attached hydrogens (tertiary/aromatic N) is 1. The Bertz CT molecular complexity index is 500. The smallest absolute Gasteiger partial charge is 0.317 e. The molecule has 2 amide bonds. The minimum absolute atomic E-state index is 0.0443. The Morgan fingerprint density at radius 1 is 1.33 bits per heavy atom. The molecule has 0 fully saturated rings. The lowest BCUT2D eigenvalue weighted by molar-refractivity contribution is -0.136. The molecule has 5 heteroatoms. The summed E-state index contributed by atoms with van der Waals surface area (Å²) in [4.78, 5) is 24.6. The zero-order valence-corrected chi connectivity index (χ0v) is 12.3. The number of urea groups is 1. The van der Waals surface area contributed by atoms with Crippen LogP contribution in [0.25, 0.3) is 0 Å². The fraction of sp³-hybridized carbons (Fsp3) is 0.375. The van der Waals surface area contributed by atoms with E-state index in [4.69, 9.17) is 5.11 Å². The van der Waals surface area contributed by atoms with Crippen molar-refractivity contribution in [2.24, 2.45) is 0 Å². The highest BCUT2D eigenvalue weighted by Crippen LogP contribution is 2.09. The molecule has 1 rings (SSSR count). The lowest BCUT2D eigenvalue weighted by Gasteiger charge is -2.21. The molecule has 1 aromatic carbocycles. The molecule has 0 heterocycles. The Hall–Kier alpha value is -2.30. The van der Waals surface area contributed by atoms with E-state index in [0.717, 1.165) is 17.5 Å². The van der Waals surface area contributed by atoms with Gasteiger partial charge in [0, 0.05) is 19.6 Å². The van der Waals surface area contributed by atoms with E-state index in [1.54, 1.807) is 23.1 Å². The van der Waals surface area contributed by atoms with Crippen LogP contribution in [0.1, 0.15) is 24.5 Å². The average Bonchev–Trinajstić information content (AvgIpc) is 2.45. The molecule has 0 aliphatic heterocycles. The van der Waals surface area contributed by atoms with Crippen LogP contribution in [0.4, 0.5) is 4.79 Å². The average molecular weight is 290 g/mol. The SMILES string of the molecule is C=CCN(CCC)C(=O)NCc1ccccc1CC(=O)O. The number of nitrogens with one attached hydrogen (secondary N) is 1. The molecular weight excluding hydrogens is 268 g/mol. The van der Waals surface area contributed by atoms with Crippen LogP contribution in [0.2, 0.25) is 0 Å². The van der Waals surface area contributed by atoms with E-state index in [2.05, 4.69) is 11.9 Å². The Labute approximate surface area is 125 Å². The van der Waals surface area contributed by atoms with Crippen molar-refractivity contribution in [3.05, 3.63) is 48.0 Å². The molecule has 0 spiro atoms. The first kappa shape index (κ1) is 16.8. The van der Waals surface area contributed by atoms with Gasteiger partial charge in [-0.1, -0.05) is 37.3 Å². The fourth-order valence-electron chi connectivity index (χ4n) is 2.05. The van der Waals surface area contributed by atoms with E-state index in [-0.39, 0.29) is 12.5 Å². The molecule has 0 aliphatic carbocycles. The van der Waals surface area contributed by atoms with Crippen molar-refractivity contribution in [2.75, 3.05) is 13.1 Å². The van der Waals surface area contributed by atoms with Crippen LogP contribution in [0, 0.1) is 0 Å². The van der Waals surface area contributed by atoms with Crippen molar-refractivity contribution in [1.82, 2.24) is 10.2 Å². The van der Waals surface area contributed by atoms with Gasteiger partial charge in [0.05, 0.1) is 6.42 Å². The maximum atomic E-state index is 12.1. The van der Waals surface area contributed by atoms with Crippen molar-refractivity contribution in [3.63, 3.8) is 0 Å². The minimum Gasteiger partial charge on any atom is -0.481 e. The zero-order valence-electron chi connectivity index (χ0n) is 12.3. The van der Waals surface area contributed by atoms with Gasteiger partial charge in [-0.05, 0) is 17.5 Å². The Kier molecular flexibility index (Phi) is 7.01. The molecule has 2 N–H and O–H groups in total. The first-order chi connectivity index (χ1) is 10.1. The highest BCUT2D eigenvalue weighted by atomic mass is 16.4. The van der Waals surface area contributed by atoms with Crippen LogP contribution in [0.3, 0.4) is 0 Å². The number of carboxylic acids is 1. The molecule has 0 unspecified atom stereocenters. The van der Waals surface area contributed by atoms with E-state index >= 15 is 0 Å². The third-order valence-corrected chi connectivity index (χ3v) is 3.02. The van der Waals surface area contributed by atoms with Gasteiger partial charge in [0.25, 0.3) is 0 Å². The molecular formula is C16H22N2O3. The van der Waals surface area contributed by atoms with Gasteiger partial charge in [-0.3, -0.25) is 4.79 Å². The number of benzene rings is 1. The Morgan fingerprint density at radius 2 is 2.00 bits per heavy atom. The molecule has 1 aromatic rings. The molecule has 0 radical (unpaired) electrons. The fourth-order valence-corrected chi connectivity index (χ4v) is 2.05. The van der Waals surface area contributed by atoms with Crippen LogP contribution < -0.4 is 5.32 Å². The lowest BCUT2D eigenvalue weighted by atomic mass is 10.0. The number of hydrogen-bond donors (Lipinski definition) is 2. The van der Waals surface area contributed by atoms with Gasteiger partial charge in [-0.25, -0.2) is 4.79 Å². The Balaban J connectivity index is 2.67. The quantitative estimate of drug-likeness (QED) is 0.722. The van der Waals surface area contributed by atoms with E-state index in [0.29, 0.717) is 19.6 Å². The summed E-state index contributed by atoms with van der Waals surface area (Å²) in [6.45, 7) is 7.13. The number of rotatable bonds is 8. The third kappa shape index (κ3) is 5.69. The molecule has 0 aliphatic rings. The van der Waals surface area contributed by atoms with Crippen LogP contribution >= 0.6 is 0 Å². The molecule has 21 heavy (non-hydrogen) atoms. The van der Waals surface area contributed by atoms with Crippen molar-refractivity contribution in [3.8, 4) is 0 Å². The zero-order chi connectivity index (χ0) is 15.7. The molecule has 0 saturated heterocycles. The van der Waals surface area contributed by atoms with Crippen molar-refractivity contribution >= 4 is 12.0 Å². The number of aliphatic carboxylic acids is 1. The number of carboxylic acid groups (broad SMARTS) is 1. The summed E-state index contributed by atoms with van der Waals surface area (Å²) >= 11 is 0. The molecule has 5 nitrogen and oxygen atoms in total. The van der Waals surface area contributed by atoms with E-state index in [9.17, 15) is 9.59 Å². The van der Waals surface area contributed by atoms with Crippen LogP contribution in [-0.2, 0) is 17.8 Å². The number of carbonyl (C=O) groups excluding carboxylic acids is 1. The number of hydrogen-bond acceptors (Lipinski definition) is 2. The molecule has 0 atom stereocenters. The van der Waals surface area contributed by atoms with E-state index in [1.807, 2.05) is 19.1 Å². The highest BCUT2D eigenvalue weighted by Gasteiger charge is 2.12. The predicted octanol–water partition coefficient (Wildman–Crippen LogP) is 2.42. The molecule has 0 saturated carbocycles. The van der Waals surface area contributed by atoms with Crippen LogP contribution in [0.15, 0.2) is 36.9 Å². The summed E-state index contributed by atoms with van der Waals surface area (Å²) in [6, 6.07) is 7.06. The van der Waals surface area contributed by atoms with Crippen molar-refractivity contribution < 1.29 is 14.7 Å². The summed E-state index contributed by atoms with van der Waals surface area (Å²) in [5, 5.41) is 11.7. The normalized spacial score (nSPS) is 9.95. The Morgan fingerprint density at radius 3 is 2.57 bits per heavy atom. The molecule has 114 valence electrons. The number of amides is 2. The topological polar surface area (TPSA) is 69.6 Å². The minimum atomic E-state index is -0.881. The van der Waals surface area contributed by atoms with Gasteiger partial charge in [0.2, 0.25) is 0 Å². The second-order valence-electron chi connectivity index (χ2n) is 4.73. The maximum absolute atomic E-state index is 12.1.